The lowest BCUT2D eigenvalue weighted by Gasteiger charge is -2.24. The Morgan fingerprint density at radius 3 is 2.78 bits per heavy atom. The number of carbonyl (C=O) groups excluding carboxylic acids is 1. The molecule has 0 radical (unpaired) electrons. The van der Waals surface area contributed by atoms with Crippen LogP contribution in [0.1, 0.15) is 37.9 Å². The lowest BCUT2D eigenvalue weighted by atomic mass is 9.95. The summed E-state index contributed by atoms with van der Waals surface area (Å²) in [5.41, 5.74) is 1.83. The number of nitrogens with zero attached hydrogens (tertiary/aromatic N) is 2. The van der Waals surface area contributed by atoms with E-state index in [0.29, 0.717) is 53.6 Å². The molecule has 0 fully saturated rings. The van der Waals surface area contributed by atoms with Gasteiger partial charge >= 0.3 is 5.97 Å². The second-order valence-corrected chi connectivity index (χ2v) is 10.4. The third-order valence-electron chi connectivity index (χ3n) is 5.88. The summed E-state index contributed by atoms with van der Waals surface area (Å²) >= 11 is 3.24. The second kappa shape index (κ2) is 10.2. The number of phenolic OH excluding ortho intramolecular Hbond substituents is 1. The van der Waals surface area contributed by atoms with E-state index in [9.17, 15) is 14.7 Å². The van der Waals surface area contributed by atoms with E-state index in [2.05, 4.69) is 4.99 Å². The molecule has 0 saturated carbocycles. The number of aromatic nitrogens is 1. The Hall–Kier alpha value is -3.32. The van der Waals surface area contributed by atoms with E-state index >= 15 is 0 Å². The van der Waals surface area contributed by atoms with E-state index < -0.39 is 12.0 Å². The van der Waals surface area contributed by atoms with Crippen molar-refractivity contribution in [2.24, 2.45) is 4.99 Å². The largest absolute Gasteiger partial charge is 0.504 e. The number of allylic oxidation sites excluding steroid dienone is 1. The van der Waals surface area contributed by atoms with Crippen molar-refractivity contribution in [1.82, 2.24) is 4.57 Å². The van der Waals surface area contributed by atoms with Gasteiger partial charge in [-0.15, -0.1) is 0 Å². The van der Waals surface area contributed by atoms with Crippen molar-refractivity contribution < 1.29 is 28.8 Å². The number of benzene rings is 2. The quantitative estimate of drug-likeness (QED) is 0.328. The number of thiazole rings is 1. The van der Waals surface area contributed by atoms with Crippen LogP contribution in [0.15, 0.2) is 51.4 Å². The molecular formula is C26H23IN2O7S. The minimum Gasteiger partial charge on any atom is -0.504 e. The molecule has 0 unspecified atom stereocenters. The van der Waals surface area contributed by atoms with Crippen molar-refractivity contribution in [2.45, 2.75) is 26.8 Å². The summed E-state index contributed by atoms with van der Waals surface area (Å²) in [7, 11) is 0. The fourth-order valence-corrected chi connectivity index (χ4v) is 5.96. The smallest absolute Gasteiger partial charge is 0.338 e. The summed E-state index contributed by atoms with van der Waals surface area (Å²) in [5.74, 6) is 1.00. The predicted molar refractivity (Wildman–Crippen MR) is 145 cm³/mol. The van der Waals surface area contributed by atoms with Crippen LogP contribution in [0.25, 0.3) is 6.08 Å². The number of phenols is 1. The predicted octanol–water partition coefficient (Wildman–Crippen LogP) is 3.24. The maximum Gasteiger partial charge on any atom is 0.338 e. The van der Waals surface area contributed by atoms with E-state index in [4.69, 9.17) is 18.9 Å². The van der Waals surface area contributed by atoms with Gasteiger partial charge in [0.1, 0.15) is 0 Å². The van der Waals surface area contributed by atoms with Crippen LogP contribution in [0.2, 0.25) is 0 Å². The molecule has 37 heavy (non-hydrogen) atoms. The fourth-order valence-electron chi connectivity index (χ4n) is 4.28. The maximum atomic E-state index is 13.8. The van der Waals surface area contributed by atoms with Crippen molar-refractivity contribution in [3.8, 4) is 23.0 Å². The Morgan fingerprint density at radius 1 is 1.24 bits per heavy atom. The van der Waals surface area contributed by atoms with Gasteiger partial charge in [0.25, 0.3) is 5.56 Å². The molecule has 5 rings (SSSR count). The van der Waals surface area contributed by atoms with E-state index in [1.165, 1.54) is 15.9 Å². The van der Waals surface area contributed by atoms with Crippen molar-refractivity contribution in [2.75, 3.05) is 20.0 Å². The van der Waals surface area contributed by atoms with E-state index in [-0.39, 0.29) is 30.3 Å². The fraction of sp³-hybridized carbons (Fsp3) is 0.269. The molecule has 0 spiro atoms. The SMILES string of the molecule is CCOC(=O)C1=C(C)N=c2s/c(=C/c3cc(I)c(O)c(OCC)c3)c(=O)n2[C@@H]1c1ccc2c(c1)OCO2. The first kappa shape index (κ1) is 25.3. The summed E-state index contributed by atoms with van der Waals surface area (Å²) in [5, 5.41) is 10.3. The van der Waals surface area contributed by atoms with E-state index in [0.717, 1.165) is 0 Å². The van der Waals surface area contributed by atoms with Crippen LogP contribution in [0.4, 0.5) is 0 Å². The molecule has 3 heterocycles. The van der Waals surface area contributed by atoms with Gasteiger partial charge in [0.2, 0.25) is 6.79 Å². The van der Waals surface area contributed by atoms with Crippen LogP contribution < -0.4 is 29.1 Å². The first-order chi connectivity index (χ1) is 17.8. The van der Waals surface area contributed by atoms with Crippen LogP contribution >= 0.6 is 33.9 Å². The molecule has 1 N–H and O–H groups in total. The molecule has 3 aromatic rings. The molecule has 11 heteroatoms. The summed E-state index contributed by atoms with van der Waals surface area (Å²) < 4.78 is 24.4. The van der Waals surface area contributed by atoms with Crippen LogP contribution in [0, 0.1) is 3.57 Å². The minimum atomic E-state index is -0.758. The average molecular weight is 634 g/mol. The van der Waals surface area contributed by atoms with Crippen molar-refractivity contribution in [1.29, 1.82) is 0 Å². The van der Waals surface area contributed by atoms with E-state index in [1.54, 1.807) is 44.2 Å². The van der Waals surface area contributed by atoms with Gasteiger partial charge in [-0.1, -0.05) is 17.4 Å². The van der Waals surface area contributed by atoms with Crippen LogP contribution in [0.5, 0.6) is 23.0 Å². The number of carbonyl (C=O) groups is 1. The van der Waals surface area contributed by atoms with Crippen molar-refractivity contribution >= 4 is 46.0 Å². The standard InChI is InChI=1S/C26H23IN2O7S/c1-4-33-19-9-14(8-16(27)23(19)30)10-20-24(31)29-22(15-6-7-17-18(11-15)36-12-35-17)21(25(32)34-5-2)13(3)28-26(29)37-20/h6-11,22,30H,4-5,12H2,1-3H3/b20-10+/t22-/m1/s1. The van der Waals surface area contributed by atoms with Gasteiger partial charge in [-0.05, 0) is 84.8 Å². The highest BCUT2D eigenvalue weighted by molar-refractivity contribution is 14.1. The Balaban J connectivity index is 1.70. The summed E-state index contributed by atoms with van der Waals surface area (Å²) in [6, 6.07) is 8.04. The normalized spacial score (nSPS) is 16.4. The van der Waals surface area contributed by atoms with Gasteiger partial charge in [0.15, 0.2) is 27.8 Å². The summed E-state index contributed by atoms with van der Waals surface area (Å²) in [4.78, 5) is 31.9. The van der Waals surface area contributed by atoms with Crippen LogP contribution in [-0.2, 0) is 9.53 Å². The van der Waals surface area contributed by atoms with Crippen LogP contribution in [-0.4, -0.2) is 35.6 Å². The topological polar surface area (TPSA) is 109 Å². The lowest BCUT2D eigenvalue weighted by Crippen LogP contribution is -2.39. The minimum absolute atomic E-state index is 0.0542. The molecule has 0 saturated heterocycles. The maximum absolute atomic E-state index is 13.8. The zero-order valence-corrected chi connectivity index (χ0v) is 23.2. The van der Waals surface area contributed by atoms with Crippen molar-refractivity contribution in [3.63, 3.8) is 0 Å². The van der Waals surface area contributed by atoms with Gasteiger partial charge in [-0.2, -0.15) is 0 Å². The highest BCUT2D eigenvalue weighted by atomic mass is 127. The molecule has 1 atom stereocenters. The van der Waals surface area contributed by atoms with Gasteiger partial charge in [0, 0.05) is 0 Å². The number of rotatable bonds is 6. The number of hydrogen-bond acceptors (Lipinski definition) is 9. The Labute approximate surface area is 229 Å². The number of aromatic hydroxyl groups is 1. The molecular weight excluding hydrogens is 611 g/mol. The number of fused-ring (bicyclic) bond motifs is 2. The Kier molecular flexibility index (Phi) is 6.99. The third kappa shape index (κ3) is 4.61. The van der Waals surface area contributed by atoms with Gasteiger partial charge < -0.3 is 24.1 Å². The van der Waals surface area contributed by atoms with Gasteiger partial charge in [0.05, 0.1) is 38.6 Å². The molecule has 1 aromatic heterocycles. The van der Waals surface area contributed by atoms with Gasteiger partial charge in [-0.3, -0.25) is 9.36 Å². The monoisotopic (exact) mass is 634 g/mol. The molecule has 2 aliphatic heterocycles. The molecule has 0 aliphatic carbocycles. The molecule has 2 aliphatic rings. The highest BCUT2D eigenvalue weighted by Gasteiger charge is 2.34. The first-order valence-corrected chi connectivity index (χ1v) is 13.5. The lowest BCUT2D eigenvalue weighted by molar-refractivity contribution is -0.139. The Morgan fingerprint density at radius 2 is 2.03 bits per heavy atom. The van der Waals surface area contributed by atoms with Crippen LogP contribution in [0.3, 0.4) is 0 Å². The zero-order valence-electron chi connectivity index (χ0n) is 20.2. The van der Waals surface area contributed by atoms with Gasteiger partial charge in [-0.25, -0.2) is 9.79 Å². The molecule has 9 nitrogen and oxygen atoms in total. The number of esters is 1. The van der Waals surface area contributed by atoms with E-state index in [1.807, 2.05) is 35.6 Å². The third-order valence-corrected chi connectivity index (χ3v) is 7.68. The summed E-state index contributed by atoms with van der Waals surface area (Å²) in [6.07, 6.45) is 1.73. The molecule has 0 amide bonds. The molecule has 0 bridgehead atoms. The summed E-state index contributed by atoms with van der Waals surface area (Å²) in [6.45, 7) is 5.98. The number of halogens is 1. The number of hydrogen-bond donors (Lipinski definition) is 1. The number of ether oxygens (including phenoxy) is 4. The zero-order chi connectivity index (χ0) is 26.3. The first-order valence-electron chi connectivity index (χ1n) is 11.6. The molecule has 2 aromatic carbocycles. The second-order valence-electron chi connectivity index (χ2n) is 8.20. The molecule has 192 valence electrons. The van der Waals surface area contributed by atoms with Crippen molar-refractivity contribution in [3.05, 3.63) is 76.0 Å². The highest BCUT2D eigenvalue weighted by Crippen LogP contribution is 2.38. The Bertz CT molecular complexity index is 1620. The average Bonchev–Trinajstić information content (AvgIpc) is 3.45.